The van der Waals surface area contributed by atoms with Gasteiger partial charge in [-0.3, -0.25) is 0 Å². The van der Waals surface area contributed by atoms with E-state index >= 15 is 0 Å². The molecule has 0 N–H and O–H groups in total. The van der Waals surface area contributed by atoms with Crippen LogP contribution in [0.4, 0.5) is 0 Å². The SMILES string of the molecule is CC[Si](C)(CC)[SiH](C)C.Cl. The molecule has 0 saturated carbocycles. The summed E-state index contributed by atoms with van der Waals surface area (Å²) >= 11 is 0. The summed E-state index contributed by atoms with van der Waals surface area (Å²) in [4.78, 5) is 0. The lowest BCUT2D eigenvalue weighted by molar-refractivity contribution is 1.29. The summed E-state index contributed by atoms with van der Waals surface area (Å²) < 4.78 is 0. The Bertz CT molecular complexity index is 79.7. The lowest BCUT2D eigenvalue weighted by atomic mass is 10.9. The molecule has 0 amide bonds. The van der Waals surface area contributed by atoms with Crippen LogP contribution in [0.5, 0.6) is 0 Å². The second-order valence-electron chi connectivity index (χ2n) is 3.52. The summed E-state index contributed by atoms with van der Waals surface area (Å²) in [5.74, 6) is 0. The summed E-state index contributed by atoms with van der Waals surface area (Å²) in [5, 5.41) is 0. The van der Waals surface area contributed by atoms with E-state index in [0.717, 1.165) is 0 Å². The van der Waals surface area contributed by atoms with Gasteiger partial charge in [-0.05, 0) is 0 Å². The average Bonchev–Trinajstić information content (AvgIpc) is 1.86. The lowest BCUT2D eigenvalue weighted by Crippen LogP contribution is -2.42. The number of hydrogen-bond donors (Lipinski definition) is 0. The monoisotopic (exact) mass is 196 g/mol. The van der Waals surface area contributed by atoms with Gasteiger partial charge in [-0.15, -0.1) is 12.4 Å². The van der Waals surface area contributed by atoms with Crippen LogP contribution in [-0.4, -0.2) is 15.9 Å². The van der Waals surface area contributed by atoms with Gasteiger partial charge in [0.05, 0.1) is 0 Å². The topological polar surface area (TPSA) is 0 Å². The highest BCUT2D eigenvalue weighted by Gasteiger charge is 2.26. The van der Waals surface area contributed by atoms with Crippen molar-refractivity contribution in [3.8, 4) is 0 Å². The van der Waals surface area contributed by atoms with E-state index in [2.05, 4.69) is 33.5 Å². The van der Waals surface area contributed by atoms with E-state index in [1.165, 1.54) is 12.1 Å². The maximum atomic E-state index is 2.57. The number of halogens is 1. The molecule has 64 valence electrons. The van der Waals surface area contributed by atoms with Crippen LogP contribution in [0.3, 0.4) is 0 Å². The van der Waals surface area contributed by atoms with E-state index in [-0.39, 0.29) is 20.7 Å². The van der Waals surface area contributed by atoms with Crippen LogP contribution in [0, 0.1) is 0 Å². The second kappa shape index (κ2) is 5.38. The molecule has 10 heavy (non-hydrogen) atoms. The van der Waals surface area contributed by atoms with Gasteiger partial charge in [0.25, 0.3) is 0 Å². The zero-order valence-electron chi connectivity index (χ0n) is 7.90. The van der Waals surface area contributed by atoms with Crippen LogP contribution < -0.4 is 0 Å². The van der Waals surface area contributed by atoms with Crippen molar-refractivity contribution in [3.63, 3.8) is 0 Å². The van der Waals surface area contributed by atoms with Gasteiger partial charge < -0.3 is 0 Å². The molecule has 0 aliphatic heterocycles. The first kappa shape index (κ1) is 13.3. The minimum absolute atomic E-state index is 0. The average molecular weight is 197 g/mol. The van der Waals surface area contributed by atoms with Crippen LogP contribution >= 0.6 is 12.4 Å². The summed E-state index contributed by atoms with van der Waals surface area (Å²) in [6, 6.07) is 3.01. The minimum atomic E-state index is -0.636. The van der Waals surface area contributed by atoms with Crippen molar-refractivity contribution in [1.82, 2.24) is 0 Å². The summed E-state index contributed by atoms with van der Waals surface area (Å²) in [7, 11) is -0.897. The van der Waals surface area contributed by atoms with Crippen molar-refractivity contribution in [2.75, 3.05) is 0 Å². The third-order valence-electron chi connectivity index (χ3n) is 3.01. The van der Waals surface area contributed by atoms with Crippen LogP contribution in [0.2, 0.25) is 31.7 Å². The van der Waals surface area contributed by atoms with Gasteiger partial charge in [0.1, 0.15) is 0 Å². The standard InChI is InChI=1S/C7H20Si2.ClH/c1-6-9(5,7-2)8(3)4;/h8H,6-7H2,1-5H3;1H. The molecular formula is C7H21ClSi2. The van der Waals surface area contributed by atoms with E-state index in [4.69, 9.17) is 0 Å². The summed E-state index contributed by atoms with van der Waals surface area (Å²) in [6.07, 6.45) is 0. The fraction of sp³-hybridized carbons (Fsp3) is 1.00. The molecule has 0 aromatic heterocycles. The van der Waals surface area contributed by atoms with E-state index < -0.39 is 7.59 Å². The Balaban J connectivity index is 0. The second-order valence-corrected chi connectivity index (χ2v) is 18.2. The summed E-state index contributed by atoms with van der Waals surface area (Å²) in [5.41, 5.74) is 0. The van der Waals surface area contributed by atoms with E-state index in [1.54, 1.807) is 0 Å². The molecular weight excluding hydrogens is 176 g/mol. The van der Waals surface area contributed by atoms with Crippen molar-refractivity contribution < 1.29 is 0 Å². The molecule has 0 aliphatic rings. The molecule has 0 fully saturated rings. The molecule has 0 unspecified atom stereocenters. The Labute approximate surface area is 74.2 Å². The Morgan fingerprint density at radius 2 is 1.40 bits per heavy atom. The molecule has 0 aromatic rings. The van der Waals surface area contributed by atoms with Gasteiger partial charge in [-0.2, -0.15) is 0 Å². The quantitative estimate of drug-likeness (QED) is 0.609. The zero-order chi connectivity index (χ0) is 7.49. The van der Waals surface area contributed by atoms with Gasteiger partial charge in [0.15, 0.2) is 0 Å². The van der Waals surface area contributed by atoms with Crippen molar-refractivity contribution in [2.24, 2.45) is 0 Å². The molecule has 0 bridgehead atoms. The van der Waals surface area contributed by atoms with Crippen molar-refractivity contribution >= 4 is 28.3 Å². The number of hydrogen-bond acceptors (Lipinski definition) is 0. The van der Waals surface area contributed by atoms with Crippen molar-refractivity contribution in [1.29, 1.82) is 0 Å². The Morgan fingerprint density at radius 1 is 1.10 bits per heavy atom. The maximum Gasteiger partial charge on any atom is 0.0399 e. The van der Waals surface area contributed by atoms with Crippen LogP contribution in [0.1, 0.15) is 13.8 Å². The van der Waals surface area contributed by atoms with Gasteiger partial charge in [0.2, 0.25) is 0 Å². The Morgan fingerprint density at radius 3 is 1.40 bits per heavy atom. The first-order valence-electron chi connectivity index (χ1n) is 4.06. The molecule has 0 aromatic carbocycles. The molecule has 0 aliphatic carbocycles. The molecule has 0 saturated heterocycles. The molecule has 0 heterocycles. The molecule has 0 rings (SSSR count). The summed E-state index contributed by atoms with van der Waals surface area (Å²) in [6.45, 7) is 12.4. The van der Waals surface area contributed by atoms with E-state index in [0.29, 0.717) is 0 Å². The zero-order valence-corrected chi connectivity index (χ0v) is 10.9. The van der Waals surface area contributed by atoms with E-state index in [9.17, 15) is 0 Å². The van der Waals surface area contributed by atoms with Crippen molar-refractivity contribution in [2.45, 2.75) is 45.6 Å². The predicted octanol–water partition coefficient (Wildman–Crippen LogP) is 3.09. The highest BCUT2D eigenvalue weighted by Crippen LogP contribution is 2.17. The van der Waals surface area contributed by atoms with Gasteiger partial charge >= 0.3 is 0 Å². The highest BCUT2D eigenvalue weighted by molar-refractivity contribution is 7.31. The fourth-order valence-corrected chi connectivity index (χ4v) is 8.10. The third-order valence-corrected chi connectivity index (χ3v) is 19.8. The molecule has 0 nitrogen and oxygen atoms in total. The first-order chi connectivity index (χ1) is 4.06. The van der Waals surface area contributed by atoms with Gasteiger partial charge in [-0.25, -0.2) is 0 Å². The van der Waals surface area contributed by atoms with Gasteiger partial charge in [0, 0.05) is 15.9 Å². The van der Waals surface area contributed by atoms with Crippen molar-refractivity contribution in [3.05, 3.63) is 0 Å². The van der Waals surface area contributed by atoms with Crippen LogP contribution in [-0.2, 0) is 0 Å². The maximum absolute atomic E-state index is 2.57. The van der Waals surface area contributed by atoms with Gasteiger partial charge in [-0.1, -0.05) is 45.6 Å². The number of rotatable bonds is 3. The third kappa shape index (κ3) is 3.21. The van der Waals surface area contributed by atoms with Crippen LogP contribution in [0.25, 0.3) is 0 Å². The lowest BCUT2D eigenvalue weighted by Gasteiger charge is -2.27. The fourth-order valence-electron chi connectivity index (χ4n) is 1.07. The van der Waals surface area contributed by atoms with Crippen LogP contribution in [0.15, 0.2) is 0 Å². The minimum Gasteiger partial charge on any atom is -0.147 e. The Hall–Kier alpha value is 0.724. The predicted molar refractivity (Wildman–Crippen MR) is 58.7 cm³/mol. The molecule has 0 spiro atoms. The molecule has 0 radical (unpaired) electrons. The smallest absolute Gasteiger partial charge is 0.0399 e. The normalized spacial score (nSPS) is 11.4. The van der Waals surface area contributed by atoms with E-state index in [1.807, 2.05) is 0 Å². The largest absolute Gasteiger partial charge is 0.147 e. The molecule has 3 heteroatoms. The highest BCUT2D eigenvalue weighted by atomic mass is 35.5. The first-order valence-corrected chi connectivity index (χ1v) is 11.1. The Kier molecular flexibility index (Phi) is 7.17. The molecule has 0 atom stereocenters.